The average molecular weight is 359 g/mol. The minimum absolute atomic E-state index is 0.494. The van der Waals surface area contributed by atoms with Crippen molar-refractivity contribution in [1.82, 2.24) is 25.9 Å². The van der Waals surface area contributed by atoms with E-state index in [9.17, 15) is 0 Å². The molecule has 7 heteroatoms. The highest BCUT2D eigenvalue weighted by atomic mass is 15.7. The number of rotatable bonds is 3. The molecule has 0 aliphatic carbocycles. The Balaban J connectivity index is 1.29. The van der Waals surface area contributed by atoms with E-state index in [-0.39, 0.29) is 0 Å². The van der Waals surface area contributed by atoms with Crippen molar-refractivity contribution in [3.05, 3.63) is 58.9 Å². The molecule has 0 amide bonds. The van der Waals surface area contributed by atoms with E-state index < -0.39 is 0 Å². The molecule has 0 unspecified atom stereocenters. The maximum absolute atomic E-state index is 9.08. The van der Waals surface area contributed by atoms with Crippen molar-refractivity contribution < 1.29 is 0 Å². The van der Waals surface area contributed by atoms with Crippen LogP contribution in [0.1, 0.15) is 29.5 Å². The third kappa shape index (κ3) is 2.89. The van der Waals surface area contributed by atoms with Crippen LogP contribution < -0.4 is 11.0 Å². The van der Waals surface area contributed by atoms with E-state index in [2.05, 4.69) is 44.0 Å². The second-order valence-corrected chi connectivity index (χ2v) is 7.22. The summed E-state index contributed by atoms with van der Waals surface area (Å²) in [6, 6.07) is 12.2. The highest BCUT2D eigenvalue weighted by Crippen LogP contribution is 2.38. The van der Waals surface area contributed by atoms with Gasteiger partial charge in [-0.3, -0.25) is 4.90 Å². The van der Waals surface area contributed by atoms with E-state index in [1.807, 2.05) is 35.7 Å². The topological polar surface area (TPSA) is 82.5 Å². The molecule has 0 atom stereocenters. The van der Waals surface area contributed by atoms with Gasteiger partial charge in [0.2, 0.25) is 0 Å². The van der Waals surface area contributed by atoms with Crippen LogP contribution in [0.5, 0.6) is 0 Å². The maximum atomic E-state index is 9.08. The Morgan fingerprint density at radius 3 is 2.96 bits per heavy atom. The lowest BCUT2D eigenvalue weighted by atomic mass is 9.91. The van der Waals surface area contributed by atoms with E-state index in [1.54, 1.807) is 0 Å². The fourth-order valence-corrected chi connectivity index (χ4v) is 4.17. The standard InChI is InChI=1S/C20H21N7/c21-11-14-2-1-3-15(10-14)12-26-8-5-16(6-9-26)18-19-17-4-7-22-20(17)23-13-27(19)25-24-18/h1-4,7,10,13,16,22,24-25H,5-6,8-9,12H2. The molecule has 0 radical (unpaired) electrons. The first-order valence-electron chi connectivity index (χ1n) is 9.30. The fourth-order valence-electron chi connectivity index (χ4n) is 4.17. The molecule has 0 bridgehead atoms. The number of nitrogens with one attached hydrogen (secondary N) is 3. The molecule has 5 rings (SSSR count). The van der Waals surface area contributed by atoms with E-state index >= 15 is 0 Å². The highest BCUT2D eigenvalue weighted by molar-refractivity contribution is 5.87. The molecule has 1 aromatic carbocycles. The van der Waals surface area contributed by atoms with Crippen LogP contribution in [0.15, 0.2) is 47.2 Å². The van der Waals surface area contributed by atoms with Crippen molar-refractivity contribution in [2.75, 3.05) is 13.1 Å². The second kappa shape index (κ2) is 6.58. The molecule has 0 spiro atoms. The van der Waals surface area contributed by atoms with Gasteiger partial charge >= 0.3 is 0 Å². The van der Waals surface area contributed by atoms with Gasteiger partial charge in [-0.15, -0.1) is 5.53 Å². The average Bonchev–Trinajstić information content (AvgIpc) is 3.35. The Morgan fingerprint density at radius 1 is 1.22 bits per heavy atom. The monoisotopic (exact) mass is 359 g/mol. The van der Waals surface area contributed by atoms with Crippen molar-refractivity contribution in [2.24, 2.45) is 10.9 Å². The van der Waals surface area contributed by atoms with Gasteiger partial charge in [0.1, 0.15) is 12.2 Å². The van der Waals surface area contributed by atoms with Crippen LogP contribution >= 0.6 is 0 Å². The molecule has 3 aliphatic heterocycles. The van der Waals surface area contributed by atoms with Crippen LogP contribution in [0.25, 0.3) is 5.70 Å². The number of H-pyrrole nitrogens is 1. The van der Waals surface area contributed by atoms with Gasteiger partial charge < -0.3 is 10.4 Å². The number of allylic oxidation sites excluding steroid dienone is 1. The predicted molar refractivity (Wildman–Crippen MR) is 103 cm³/mol. The Bertz CT molecular complexity index is 957. The number of hydrogen-bond acceptors (Lipinski definition) is 6. The summed E-state index contributed by atoms with van der Waals surface area (Å²) in [7, 11) is 0. The molecule has 27 heavy (non-hydrogen) atoms. The first kappa shape index (κ1) is 16.1. The van der Waals surface area contributed by atoms with Gasteiger partial charge in [0.05, 0.1) is 23.0 Å². The van der Waals surface area contributed by atoms with Gasteiger partial charge in [-0.2, -0.15) is 5.26 Å². The number of aromatic nitrogens is 1. The van der Waals surface area contributed by atoms with Gasteiger partial charge in [-0.25, -0.2) is 10.0 Å². The molecule has 4 heterocycles. The summed E-state index contributed by atoms with van der Waals surface area (Å²) in [6.07, 6.45) is 5.96. The Hall–Kier alpha value is -3.08. The summed E-state index contributed by atoms with van der Waals surface area (Å²) < 4.78 is 0. The van der Waals surface area contributed by atoms with Crippen LogP contribution in [0.3, 0.4) is 0 Å². The number of aliphatic imine (C=N–C) groups is 1. The van der Waals surface area contributed by atoms with Crippen LogP contribution in [0.4, 0.5) is 5.82 Å². The van der Waals surface area contributed by atoms with Crippen LogP contribution in [0, 0.1) is 17.2 Å². The van der Waals surface area contributed by atoms with Crippen molar-refractivity contribution in [1.29, 1.82) is 5.26 Å². The summed E-state index contributed by atoms with van der Waals surface area (Å²) in [5.74, 6) is 1.41. The van der Waals surface area contributed by atoms with Gasteiger partial charge in [0.25, 0.3) is 0 Å². The number of hydrazine groups is 2. The molecule has 2 aromatic rings. The first-order valence-corrected chi connectivity index (χ1v) is 9.30. The smallest absolute Gasteiger partial charge is 0.141 e. The Labute approximate surface area is 157 Å². The molecular formula is C20H21N7. The number of hydrogen-bond donors (Lipinski definition) is 3. The first-order chi connectivity index (χ1) is 13.3. The zero-order valence-corrected chi connectivity index (χ0v) is 14.9. The number of likely N-dealkylation sites (tertiary alicyclic amines) is 1. The third-order valence-corrected chi connectivity index (χ3v) is 5.55. The lowest BCUT2D eigenvalue weighted by Gasteiger charge is -2.32. The number of aromatic amines is 1. The van der Waals surface area contributed by atoms with E-state index in [0.29, 0.717) is 5.92 Å². The zero-order valence-electron chi connectivity index (χ0n) is 14.9. The van der Waals surface area contributed by atoms with E-state index in [1.165, 1.54) is 17.0 Å². The van der Waals surface area contributed by atoms with Crippen molar-refractivity contribution in [3.8, 4) is 6.07 Å². The molecule has 136 valence electrons. The number of piperidine rings is 1. The number of benzene rings is 1. The van der Waals surface area contributed by atoms with Crippen LogP contribution in [-0.4, -0.2) is 34.3 Å². The molecular weight excluding hydrogens is 338 g/mol. The Morgan fingerprint density at radius 2 is 2.11 bits per heavy atom. The molecule has 7 nitrogen and oxygen atoms in total. The molecule has 3 N–H and O–H groups in total. The fraction of sp³-hybridized carbons (Fsp3) is 0.300. The predicted octanol–water partition coefficient (Wildman–Crippen LogP) is 2.47. The number of nitriles is 1. The molecule has 3 aliphatic rings. The van der Waals surface area contributed by atoms with Crippen molar-refractivity contribution >= 4 is 17.9 Å². The minimum Gasteiger partial charge on any atom is -0.346 e. The van der Waals surface area contributed by atoms with Gasteiger partial charge in [-0.1, -0.05) is 12.1 Å². The van der Waals surface area contributed by atoms with Crippen LogP contribution in [0.2, 0.25) is 0 Å². The van der Waals surface area contributed by atoms with Crippen LogP contribution in [-0.2, 0) is 6.54 Å². The maximum Gasteiger partial charge on any atom is 0.141 e. The molecule has 1 fully saturated rings. The number of fused-ring (bicyclic) bond motifs is 3. The lowest BCUT2D eigenvalue weighted by Crippen LogP contribution is -2.39. The largest absolute Gasteiger partial charge is 0.346 e. The lowest BCUT2D eigenvalue weighted by molar-refractivity contribution is 0.188. The van der Waals surface area contributed by atoms with E-state index in [0.717, 1.165) is 49.4 Å². The minimum atomic E-state index is 0.494. The summed E-state index contributed by atoms with van der Waals surface area (Å²) in [5.41, 5.74) is 12.1. The van der Waals surface area contributed by atoms with Gasteiger partial charge in [0, 0.05) is 24.2 Å². The second-order valence-electron chi connectivity index (χ2n) is 7.22. The summed E-state index contributed by atoms with van der Waals surface area (Å²) >= 11 is 0. The van der Waals surface area contributed by atoms with E-state index in [4.69, 9.17) is 5.26 Å². The normalized spacial score (nSPS) is 19.6. The van der Waals surface area contributed by atoms with Crippen molar-refractivity contribution in [2.45, 2.75) is 19.4 Å². The summed E-state index contributed by atoms with van der Waals surface area (Å²) in [6.45, 7) is 3.00. The Kier molecular flexibility index (Phi) is 3.93. The van der Waals surface area contributed by atoms with Crippen molar-refractivity contribution in [3.63, 3.8) is 0 Å². The quantitative estimate of drug-likeness (QED) is 0.784. The SMILES string of the molecule is N#Cc1cccc(CN2CCC(C3=C4c5cc[nH]c5N=CN4NN3)CC2)c1. The molecule has 1 saturated heterocycles. The summed E-state index contributed by atoms with van der Waals surface area (Å²) in [5, 5.41) is 11.0. The zero-order chi connectivity index (χ0) is 18.2. The third-order valence-electron chi connectivity index (χ3n) is 5.55. The molecule has 1 aromatic heterocycles. The van der Waals surface area contributed by atoms with Gasteiger partial charge in [0.15, 0.2) is 0 Å². The van der Waals surface area contributed by atoms with Gasteiger partial charge in [-0.05, 0) is 49.7 Å². The highest BCUT2D eigenvalue weighted by Gasteiger charge is 2.33. The summed E-state index contributed by atoms with van der Waals surface area (Å²) in [4.78, 5) is 10.1. The molecule has 0 saturated carbocycles. The number of nitrogens with zero attached hydrogens (tertiary/aromatic N) is 4.